The highest BCUT2D eigenvalue weighted by atomic mass is 19.1. The van der Waals surface area contributed by atoms with Crippen molar-refractivity contribution < 1.29 is 13.9 Å². The maximum absolute atomic E-state index is 12.9. The smallest absolute Gasteiger partial charge is 0.224 e. The van der Waals surface area contributed by atoms with Crippen LogP contribution in [0.25, 0.3) is 0 Å². The summed E-state index contributed by atoms with van der Waals surface area (Å²) in [5, 5.41) is 9.26. The van der Waals surface area contributed by atoms with Gasteiger partial charge in [-0.2, -0.15) is 0 Å². The topological polar surface area (TPSA) is 74.8 Å². The van der Waals surface area contributed by atoms with E-state index in [0.717, 1.165) is 18.5 Å². The molecule has 0 aromatic heterocycles. The molecule has 27 heavy (non-hydrogen) atoms. The molecule has 0 saturated heterocycles. The van der Waals surface area contributed by atoms with Crippen LogP contribution in [0.2, 0.25) is 0 Å². The van der Waals surface area contributed by atoms with E-state index in [2.05, 4.69) is 34.8 Å². The molecular weight excluding hydrogens is 347 g/mol. The molecule has 152 valence electrons. The van der Waals surface area contributed by atoms with Crippen LogP contribution in [0.1, 0.15) is 32.8 Å². The summed E-state index contributed by atoms with van der Waals surface area (Å²) in [4.78, 5) is 16.1. The Morgan fingerprint density at radius 2 is 1.74 bits per heavy atom. The summed E-state index contributed by atoms with van der Waals surface area (Å²) in [7, 11) is 1.71. The molecule has 0 radical (unpaired) electrons. The number of amides is 1. The Labute approximate surface area is 162 Å². The zero-order valence-electron chi connectivity index (χ0n) is 16.8. The molecular formula is C20H33FN4O2. The summed E-state index contributed by atoms with van der Waals surface area (Å²) in [6.07, 6.45) is 1.37. The summed E-state index contributed by atoms with van der Waals surface area (Å²) < 4.78 is 18.6. The molecule has 1 amide bonds. The fraction of sp³-hybridized carbons (Fsp3) is 0.600. The molecule has 0 bridgehead atoms. The third-order valence-corrected chi connectivity index (χ3v) is 4.09. The molecule has 0 aliphatic rings. The molecule has 0 spiro atoms. The van der Waals surface area contributed by atoms with Gasteiger partial charge in [0, 0.05) is 33.3 Å². The first-order valence-electron chi connectivity index (χ1n) is 9.53. The van der Waals surface area contributed by atoms with Crippen LogP contribution in [0.3, 0.4) is 0 Å². The van der Waals surface area contributed by atoms with Crippen molar-refractivity contribution >= 4 is 11.9 Å². The number of guanidine groups is 1. The van der Waals surface area contributed by atoms with Gasteiger partial charge in [-0.05, 0) is 37.0 Å². The van der Waals surface area contributed by atoms with Crippen LogP contribution in [0.5, 0.6) is 0 Å². The van der Waals surface area contributed by atoms with E-state index in [-0.39, 0.29) is 24.2 Å². The van der Waals surface area contributed by atoms with Crippen molar-refractivity contribution in [2.45, 2.75) is 39.7 Å². The largest absolute Gasteiger partial charge is 0.378 e. The molecule has 6 nitrogen and oxygen atoms in total. The molecule has 1 rings (SSSR count). The molecule has 1 atom stereocenters. The number of hydrogen-bond acceptors (Lipinski definition) is 3. The van der Waals surface area contributed by atoms with Crippen LogP contribution in [0.4, 0.5) is 4.39 Å². The number of aliphatic imine (C=N–C) groups is 1. The third kappa shape index (κ3) is 9.94. The predicted octanol–water partition coefficient (Wildman–Crippen LogP) is 2.10. The van der Waals surface area contributed by atoms with Gasteiger partial charge in [0.15, 0.2) is 5.96 Å². The van der Waals surface area contributed by atoms with E-state index in [1.807, 2.05) is 6.92 Å². The lowest BCUT2D eigenvalue weighted by molar-refractivity contribution is -0.120. The third-order valence-electron chi connectivity index (χ3n) is 4.09. The Kier molecular flexibility index (Phi) is 11.1. The minimum atomic E-state index is -0.303. The van der Waals surface area contributed by atoms with Crippen molar-refractivity contribution in [3.05, 3.63) is 35.6 Å². The maximum atomic E-state index is 12.9. The number of carbonyl (C=O) groups is 1. The van der Waals surface area contributed by atoms with E-state index >= 15 is 0 Å². The number of benzene rings is 1. The molecule has 7 heteroatoms. The summed E-state index contributed by atoms with van der Waals surface area (Å²) in [5.41, 5.74) is 0.786. The minimum absolute atomic E-state index is 0.0946. The molecule has 0 fully saturated rings. The SMILES string of the molecule is CCOC(CCNC(=NC)NCCNC(=O)Cc1ccc(F)cc1)C(C)C. The van der Waals surface area contributed by atoms with Crippen LogP contribution >= 0.6 is 0 Å². The van der Waals surface area contributed by atoms with Gasteiger partial charge in [-0.3, -0.25) is 9.79 Å². The number of carbonyl (C=O) groups excluding carboxylic acids is 1. The number of halogens is 1. The first-order chi connectivity index (χ1) is 13.0. The highest BCUT2D eigenvalue weighted by molar-refractivity contribution is 5.80. The first-order valence-corrected chi connectivity index (χ1v) is 9.53. The van der Waals surface area contributed by atoms with Gasteiger partial charge in [0.1, 0.15) is 5.82 Å². The molecule has 0 aliphatic carbocycles. The van der Waals surface area contributed by atoms with Crippen molar-refractivity contribution in [2.75, 3.05) is 33.3 Å². The quantitative estimate of drug-likeness (QED) is 0.312. The van der Waals surface area contributed by atoms with Crippen LogP contribution in [0, 0.1) is 11.7 Å². The van der Waals surface area contributed by atoms with E-state index in [0.29, 0.717) is 31.6 Å². The number of hydrogen-bond donors (Lipinski definition) is 3. The van der Waals surface area contributed by atoms with Gasteiger partial charge in [-0.15, -0.1) is 0 Å². The van der Waals surface area contributed by atoms with Gasteiger partial charge in [0.05, 0.1) is 12.5 Å². The number of rotatable bonds is 11. The predicted molar refractivity (Wildman–Crippen MR) is 107 cm³/mol. The van der Waals surface area contributed by atoms with Crippen LogP contribution in [-0.4, -0.2) is 51.3 Å². The summed E-state index contributed by atoms with van der Waals surface area (Å²) in [5.74, 6) is 0.769. The van der Waals surface area contributed by atoms with Gasteiger partial charge >= 0.3 is 0 Å². The Hall–Kier alpha value is -2.15. The van der Waals surface area contributed by atoms with Gasteiger partial charge < -0.3 is 20.7 Å². The van der Waals surface area contributed by atoms with E-state index in [1.54, 1.807) is 19.2 Å². The molecule has 1 aromatic carbocycles. The second-order valence-corrected chi connectivity index (χ2v) is 6.61. The standard InChI is InChI=1S/C20H33FN4O2/c1-5-27-18(15(2)3)10-11-24-20(22-4)25-13-12-23-19(26)14-16-6-8-17(21)9-7-16/h6-9,15,18H,5,10-14H2,1-4H3,(H,23,26)(H2,22,24,25). The van der Waals surface area contributed by atoms with Crippen molar-refractivity contribution in [1.29, 1.82) is 0 Å². The summed E-state index contributed by atoms with van der Waals surface area (Å²) >= 11 is 0. The highest BCUT2D eigenvalue weighted by Crippen LogP contribution is 2.09. The molecule has 1 unspecified atom stereocenters. The van der Waals surface area contributed by atoms with E-state index in [4.69, 9.17) is 4.74 Å². The number of nitrogens with zero attached hydrogens (tertiary/aromatic N) is 1. The highest BCUT2D eigenvalue weighted by Gasteiger charge is 2.12. The van der Waals surface area contributed by atoms with Gasteiger partial charge in [-0.1, -0.05) is 26.0 Å². The monoisotopic (exact) mass is 380 g/mol. The number of ether oxygens (including phenoxy) is 1. The zero-order chi connectivity index (χ0) is 20.1. The lowest BCUT2D eigenvalue weighted by Crippen LogP contribution is -2.42. The van der Waals surface area contributed by atoms with E-state index in [9.17, 15) is 9.18 Å². The van der Waals surface area contributed by atoms with E-state index < -0.39 is 0 Å². The van der Waals surface area contributed by atoms with E-state index in [1.165, 1.54) is 12.1 Å². The van der Waals surface area contributed by atoms with Crippen LogP contribution in [-0.2, 0) is 16.0 Å². The van der Waals surface area contributed by atoms with Crippen LogP contribution in [0.15, 0.2) is 29.3 Å². The molecule has 0 heterocycles. The Bertz CT molecular complexity index is 576. The van der Waals surface area contributed by atoms with Crippen molar-refractivity contribution in [2.24, 2.45) is 10.9 Å². The fourth-order valence-electron chi connectivity index (χ4n) is 2.61. The van der Waals surface area contributed by atoms with Crippen molar-refractivity contribution in [1.82, 2.24) is 16.0 Å². The number of nitrogens with one attached hydrogen (secondary N) is 3. The Morgan fingerprint density at radius 1 is 1.11 bits per heavy atom. The lowest BCUT2D eigenvalue weighted by Gasteiger charge is -2.21. The second-order valence-electron chi connectivity index (χ2n) is 6.61. The summed E-state index contributed by atoms with van der Waals surface area (Å²) in [6.45, 7) is 8.84. The molecule has 0 aliphatic heterocycles. The lowest BCUT2D eigenvalue weighted by atomic mass is 10.0. The first kappa shape index (κ1) is 22.9. The van der Waals surface area contributed by atoms with Gasteiger partial charge in [0.25, 0.3) is 0 Å². The Balaban J connectivity index is 2.21. The van der Waals surface area contributed by atoms with Gasteiger partial charge in [0.2, 0.25) is 5.91 Å². The second kappa shape index (κ2) is 13.1. The minimum Gasteiger partial charge on any atom is -0.378 e. The van der Waals surface area contributed by atoms with Crippen molar-refractivity contribution in [3.63, 3.8) is 0 Å². The van der Waals surface area contributed by atoms with Gasteiger partial charge in [-0.25, -0.2) is 4.39 Å². The van der Waals surface area contributed by atoms with Crippen molar-refractivity contribution in [3.8, 4) is 0 Å². The average molecular weight is 381 g/mol. The Morgan fingerprint density at radius 3 is 2.33 bits per heavy atom. The molecule has 0 saturated carbocycles. The summed E-state index contributed by atoms with van der Waals surface area (Å²) in [6, 6.07) is 5.95. The zero-order valence-corrected chi connectivity index (χ0v) is 16.8. The fourth-order valence-corrected chi connectivity index (χ4v) is 2.61. The molecule has 1 aromatic rings. The van der Waals surface area contributed by atoms with Crippen LogP contribution < -0.4 is 16.0 Å². The normalized spacial score (nSPS) is 12.7. The molecule has 3 N–H and O–H groups in total. The average Bonchev–Trinajstić information content (AvgIpc) is 2.64. The maximum Gasteiger partial charge on any atom is 0.224 e.